The minimum Gasteiger partial charge on any atom is -0.481 e. The second kappa shape index (κ2) is 6.83. The van der Waals surface area contributed by atoms with E-state index in [-0.39, 0.29) is 5.91 Å². The number of hydrogen-bond donors (Lipinski definition) is 1. The third kappa shape index (κ3) is 4.13. The van der Waals surface area contributed by atoms with E-state index in [2.05, 4.69) is 5.32 Å². The first-order valence-corrected chi connectivity index (χ1v) is 7.21. The molecule has 0 aliphatic heterocycles. The van der Waals surface area contributed by atoms with Crippen LogP contribution in [0.15, 0.2) is 42.5 Å². The number of carbonyl (C=O) groups is 1. The van der Waals surface area contributed by atoms with Crippen molar-refractivity contribution in [2.24, 2.45) is 0 Å². The molecule has 0 heterocycles. The van der Waals surface area contributed by atoms with Gasteiger partial charge in [-0.2, -0.15) is 0 Å². The molecule has 0 bridgehead atoms. The van der Waals surface area contributed by atoms with E-state index in [0.717, 1.165) is 5.56 Å². The number of anilines is 1. The monoisotopic (exact) mass is 323 g/mol. The van der Waals surface area contributed by atoms with Gasteiger partial charge in [-0.3, -0.25) is 4.79 Å². The first-order chi connectivity index (χ1) is 9.97. The van der Waals surface area contributed by atoms with E-state index < -0.39 is 6.10 Å². The quantitative estimate of drug-likeness (QED) is 0.885. The van der Waals surface area contributed by atoms with E-state index in [0.29, 0.717) is 21.5 Å². The summed E-state index contributed by atoms with van der Waals surface area (Å²) in [7, 11) is 0. The van der Waals surface area contributed by atoms with Gasteiger partial charge in [0.2, 0.25) is 0 Å². The molecule has 3 nitrogen and oxygen atoms in total. The lowest BCUT2D eigenvalue weighted by atomic mass is 10.2. The summed E-state index contributed by atoms with van der Waals surface area (Å²) in [6.45, 7) is 3.62. The summed E-state index contributed by atoms with van der Waals surface area (Å²) in [4.78, 5) is 12.1. The van der Waals surface area contributed by atoms with Gasteiger partial charge in [0.15, 0.2) is 6.10 Å². The second-order valence-corrected chi connectivity index (χ2v) is 5.46. The maximum absolute atomic E-state index is 12.1. The van der Waals surface area contributed by atoms with Gasteiger partial charge in [0.25, 0.3) is 5.91 Å². The van der Waals surface area contributed by atoms with Crippen LogP contribution >= 0.6 is 23.2 Å². The summed E-state index contributed by atoms with van der Waals surface area (Å²) < 4.78 is 5.66. The summed E-state index contributed by atoms with van der Waals surface area (Å²) in [5.74, 6) is 0.436. The Labute approximate surface area is 133 Å². The van der Waals surface area contributed by atoms with Crippen molar-refractivity contribution in [1.29, 1.82) is 0 Å². The molecule has 2 aromatic carbocycles. The number of carbonyl (C=O) groups excluding carboxylic acids is 1. The van der Waals surface area contributed by atoms with E-state index in [1.807, 2.05) is 31.2 Å². The predicted molar refractivity (Wildman–Crippen MR) is 86.4 cm³/mol. The number of nitrogens with one attached hydrogen (secondary N) is 1. The topological polar surface area (TPSA) is 38.3 Å². The van der Waals surface area contributed by atoms with Gasteiger partial charge in [0, 0.05) is 5.69 Å². The summed E-state index contributed by atoms with van der Waals surface area (Å²) in [6, 6.07) is 12.5. The zero-order chi connectivity index (χ0) is 15.4. The molecule has 0 saturated carbocycles. The highest BCUT2D eigenvalue weighted by Gasteiger charge is 2.16. The van der Waals surface area contributed by atoms with Crippen LogP contribution in [0.3, 0.4) is 0 Å². The van der Waals surface area contributed by atoms with Crippen LogP contribution in [-0.2, 0) is 4.79 Å². The third-order valence-corrected chi connectivity index (χ3v) is 3.69. The lowest BCUT2D eigenvalue weighted by Gasteiger charge is -2.16. The number of amides is 1. The van der Waals surface area contributed by atoms with Gasteiger partial charge in [0.1, 0.15) is 5.75 Å². The summed E-state index contributed by atoms with van der Waals surface area (Å²) in [6.07, 6.45) is -0.624. The molecule has 5 heteroatoms. The number of hydrogen-bond acceptors (Lipinski definition) is 2. The molecule has 21 heavy (non-hydrogen) atoms. The molecule has 2 rings (SSSR count). The number of benzene rings is 2. The van der Waals surface area contributed by atoms with E-state index in [4.69, 9.17) is 27.9 Å². The number of halogens is 2. The van der Waals surface area contributed by atoms with Crippen molar-refractivity contribution in [2.75, 3.05) is 5.32 Å². The van der Waals surface area contributed by atoms with Crippen molar-refractivity contribution in [1.82, 2.24) is 0 Å². The van der Waals surface area contributed by atoms with E-state index >= 15 is 0 Å². The van der Waals surface area contributed by atoms with Gasteiger partial charge in [-0.15, -0.1) is 0 Å². The molecule has 110 valence electrons. The van der Waals surface area contributed by atoms with Crippen molar-refractivity contribution >= 4 is 34.8 Å². The minimum atomic E-state index is -0.624. The third-order valence-electron chi connectivity index (χ3n) is 2.95. The molecule has 0 aliphatic rings. The van der Waals surface area contributed by atoms with Crippen LogP contribution in [0.1, 0.15) is 12.5 Å². The van der Waals surface area contributed by atoms with Crippen LogP contribution in [0.25, 0.3) is 0 Å². The Morgan fingerprint density at radius 3 is 2.52 bits per heavy atom. The summed E-state index contributed by atoms with van der Waals surface area (Å²) in [5.41, 5.74) is 1.56. The van der Waals surface area contributed by atoms with E-state index in [1.54, 1.807) is 25.1 Å². The SMILES string of the molecule is Cc1ccccc1OC(C)C(=O)Nc1ccc(Cl)c(Cl)c1. The van der Waals surface area contributed by atoms with Crippen molar-refractivity contribution in [3.8, 4) is 5.75 Å². The van der Waals surface area contributed by atoms with Gasteiger partial charge in [-0.05, 0) is 43.7 Å². The van der Waals surface area contributed by atoms with Gasteiger partial charge in [0.05, 0.1) is 10.0 Å². The Hall–Kier alpha value is -1.71. The van der Waals surface area contributed by atoms with Crippen LogP contribution in [0.5, 0.6) is 5.75 Å². The van der Waals surface area contributed by atoms with E-state index in [9.17, 15) is 4.79 Å². The molecule has 1 atom stereocenters. The van der Waals surface area contributed by atoms with Gasteiger partial charge < -0.3 is 10.1 Å². The van der Waals surface area contributed by atoms with Crippen LogP contribution in [0.4, 0.5) is 5.69 Å². The molecule has 1 unspecified atom stereocenters. The zero-order valence-electron chi connectivity index (χ0n) is 11.7. The molecule has 0 aromatic heterocycles. The Bertz CT molecular complexity index is 658. The number of rotatable bonds is 4. The van der Waals surface area contributed by atoms with Crippen molar-refractivity contribution < 1.29 is 9.53 Å². The average molecular weight is 324 g/mol. The maximum atomic E-state index is 12.1. The second-order valence-electron chi connectivity index (χ2n) is 4.64. The fourth-order valence-electron chi connectivity index (χ4n) is 1.75. The Morgan fingerprint density at radius 1 is 1.14 bits per heavy atom. The van der Waals surface area contributed by atoms with Gasteiger partial charge in [-0.1, -0.05) is 41.4 Å². The average Bonchev–Trinajstić information content (AvgIpc) is 2.45. The largest absolute Gasteiger partial charge is 0.481 e. The van der Waals surface area contributed by atoms with Crippen LogP contribution in [-0.4, -0.2) is 12.0 Å². The standard InChI is InChI=1S/C16H15Cl2NO2/c1-10-5-3-4-6-15(10)21-11(2)16(20)19-12-7-8-13(17)14(18)9-12/h3-9,11H,1-2H3,(H,19,20). The van der Waals surface area contributed by atoms with E-state index in [1.165, 1.54) is 0 Å². The van der Waals surface area contributed by atoms with Crippen molar-refractivity contribution in [3.05, 3.63) is 58.1 Å². The lowest BCUT2D eigenvalue weighted by Crippen LogP contribution is -2.30. The maximum Gasteiger partial charge on any atom is 0.265 e. The molecule has 1 N–H and O–H groups in total. The zero-order valence-corrected chi connectivity index (χ0v) is 13.2. The van der Waals surface area contributed by atoms with Crippen LogP contribution in [0, 0.1) is 6.92 Å². The van der Waals surface area contributed by atoms with Crippen molar-refractivity contribution in [3.63, 3.8) is 0 Å². The Kier molecular flexibility index (Phi) is 5.10. The smallest absolute Gasteiger partial charge is 0.265 e. The first kappa shape index (κ1) is 15.7. The highest BCUT2D eigenvalue weighted by Crippen LogP contribution is 2.25. The van der Waals surface area contributed by atoms with Gasteiger partial charge >= 0.3 is 0 Å². The molecule has 0 saturated heterocycles. The highest BCUT2D eigenvalue weighted by atomic mass is 35.5. The molecule has 0 radical (unpaired) electrons. The Morgan fingerprint density at radius 2 is 1.86 bits per heavy atom. The lowest BCUT2D eigenvalue weighted by molar-refractivity contribution is -0.122. The molecular formula is C16H15Cl2NO2. The molecule has 0 fully saturated rings. The minimum absolute atomic E-state index is 0.253. The number of ether oxygens (including phenoxy) is 1. The highest BCUT2D eigenvalue weighted by molar-refractivity contribution is 6.42. The Balaban J connectivity index is 2.02. The molecular weight excluding hydrogens is 309 g/mol. The fraction of sp³-hybridized carbons (Fsp3) is 0.188. The first-order valence-electron chi connectivity index (χ1n) is 6.45. The normalized spacial score (nSPS) is 11.8. The molecule has 2 aromatic rings. The van der Waals surface area contributed by atoms with Gasteiger partial charge in [-0.25, -0.2) is 0 Å². The fourth-order valence-corrected chi connectivity index (χ4v) is 2.05. The van der Waals surface area contributed by atoms with Crippen LogP contribution < -0.4 is 10.1 Å². The summed E-state index contributed by atoms with van der Waals surface area (Å²) in [5, 5.41) is 3.58. The number of aryl methyl sites for hydroxylation is 1. The number of para-hydroxylation sites is 1. The summed E-state index contributed by atoms with van der Waals surface area (Å²) >= 11 is 11.7. The molecule has 0 aliphatic carbocycles. The van der Waals surface area contributed by atoms with Crippen LogP contribution in [0.2, 0.25) is 10.0 Å². The van der Waals surface area contributed by atoms with Crippen molar-refractivity contribution in [2.45, 2.75) is 20.0 Å². The molecule has 0 spiro atoms. The molecule has 1 amide bonds. The predicted octanol–water partition coefficient (Wildman–Crippen LogP) is 4.71.